The molecule has 1 aliphatic heterocycles. The van der Waals surface area contributed by atoms with E-state index in [0.717, 1.165) is 0 Å². The Bertz CT molecular complexity index is 477. The number of hydrogen-bond acceptors (Lipinski definition) is 4. The van der Waals surface area contributed by atoms with E-state index in [4.69, 9.17) is 11.5 Å². The van der Waals surface area contributed by atoms with Crippen LogP contribution >= 0.6 is 37.2 Å². The van der Waals surface area contributed by atoms with Gasteiger partial charge in [-0.15, -0.1) is 37.2 Å². The monoisotopic (exact) mass is 363 g/mol. The number of piperidine rings is 1. The van der Waals surface area contributed by atoms with E-state index in [2.05, 4.69) is 0 Å². The maximum Gasteiger partial charge on any atom is 0.243 e. The molecule has 2 rings (SSSR count). The molecule has 0 saturated carbocycles. The van der Waals surface area contributed by atoms with E-state index in [0.29, 0.717) is 24.4 Å². The molecule has 1 aromatic rings. The summed E-state index contributed by atoms with van der Waals surface area (Å²) < 4.78 is 26.0. The lowest BCUT2D eigenvalue weighted by Crippen LogP contribution is -2.53. The molecule has 0 amide bonds. The average molecular weight is 365 g/mol. The van der Waals surface area contributed by atoms with Gasteiger partial charge in [-0.05, 0) is 18.6 Å². The van der Waals surface area contributed by atoms with Gasteiger partial charge in [0.1, 0.15) is 0 Å². The Labute approximate surface area is 138 Å². The van der Waals surface area contributed by atoms with Crippen LogP contribution in [-0.4, -0.2) is 37.9 Å². The predicted molar refractivity (Wildman–Crippen MR) is 87.5 cm³/mol. The molecule has 1 aliphatic rings. The lowest BCUT2D eigenvalue weighted by atomic mass is 10.1. The Morgan fingerprint density at radius 3 is 1.85 bits per heavy atom. The van der Waals surface area contributed by atoms with E-state index >= 15 is 0 Å². The first-order valence-electron chi connectivity index (χ1n) is 5.56. The van der Waals surface area contributed by atoms with Crippen molar-refractivity contribution < 1.29 is 8.42 Å². The molecule has 5 nitrogen and oxygen atoms in total. The summed E-state index contributed by atoms with van der Waals surface area (Å²) in [5, 5.41) is 0. The van der Waals surface area contributed by atoms with Gasteiger partial charge in [0, 0.05) is 25.2 Å². The summed E-state index contributed by atoms with van der Waals surface area (Å²) in [5.41, 5.74) is 11.6. The van der Waals surface area contributed by atoms with Gasteiger partial charge in [0.05, 0.1) is 4.90 Å². The molecule has 2 atom stereocenters. The van der Waals surface area contributed by atoms with E-state index in [-0.39, 0.29) is 49.3 Å². The van der Waals surface area contributed by atoms with Gasteiger partial charge < -0.3 is 11.5 Å². The Balaban J connectivity index is 0. The van der Waals surface area contributed by atoms with Crippen LogP contribution in [0.2, 0.25) is 0 Å². The van der Waals surface area contributed by atoms with Gasteiger partial charge in [-0.25, -0.2) is 8.42 Å². The van der Waals surface area contributed by atoms with E-state index < -0.39 is 10.0 Å². The molecule has 0 aliphatic carbocycles. The van der Waals surface area contributed by atoms with Gasteiger partial charge in [-0.1, -0.05) is 18.2 Å². The summed E-state index contributed by atoms with van der Waals surface area (Å²) >= 11 is 0. The number of nitrogens with two attached hydrogens (primary N) is 2. The third-order valence-electron chi connectivity index (χ3n) is 2.86. The highest BCUT2D eigenvalue weighted by atomic mass is 35.5. The Morgan fingerprint density at radius 2 is 1.40 bits per heavy atom. The van der Waals surface area contributed by atoms with Crippen LogP contribution in [0.5, 0.6) is 0 Å². The first-order valence-corrected chi connectivity index (χ1v) is 7.00. The van der Waals surface area contributed by atoms with Crippen molar-refractivity contribution in [2.24, 2.45) is 11.5 Å². The summed E-state index contributed by atoms with van der Waals surface area (Å²) in [6.07, 6.45) is 0.667. The number of nitrogens with zero attached hydrogens (tertiary/aromatic N) is 1. The van der Waals surface area contributed by atoms with Crippen molar-refractivity contribution in [2.45, 2.75) is 23.4 Å². The second-order valence-electron chi connectivity index (χ2n) is 4.39. The molecule has 118 valence electrons. The molecule has 1 heterocycles. The van der Waals surface area contributed by atoms with E-state index in [1.54, 1.807) is 30.3 Å². The van der Waals surface area contributed by atoms with Gasteiger partial charge in [0.25, 0.3) is 0 Å². The predicted octanol–water partition coefficient (Wildman–Crippen LogP) is 1.00. The van der Waals surface area contributed by atoms with Gasteiger partial charge in [0.2, 0.25) is 10.0 Å². The van der Waals surface area contributed by atoms with Crippen molar-refractivity contribution in [1.29, 1.82) is 0 Å². The second kappa shape index (κ2) is 9.04. The summed E-state index contributed by atoms with van der Waals surface area (Å²) in [7, 11) is -3.45. The highest BCUT2D eigenvalue weighted by Gasteiger charge is 2.31. The SMILES string of the molecule is Cl.Cl.Cl.N[C@@H]1C[C@H](N)CN(S(=O)(=O)c2ccccc2)C1. The molecule has 0 spiro atoms. The molecule has 1 fully saturated rings. The third kappa shape index (κ3) is 5.04. The van der Waals surface area contributed by atoms with Crippen LogP contribution in [0, 0.1) is 0 Å². The average Bonchev–Trinajstić information content (AvgIpc) is 2.29. The summed E-state index contributed by atoms with van der Waals surface area (Å²) in [4.78, 5) is 0.293. The minimum atomic E-state index is -3.45. The zero-order chi connectivity index (χ0) is 12.5. The summed E-state index contributed by atoms with van der Waals surface area (Å²) in [5.74, 6) is 0. The first kappa shape index (κ1) is 22.2. The van der Waals surface area contributed by atoms with E-state index in [1.807, 2.05) is 0 Å². The highest BCUT2D eigenvalue weighted by Crippen LogP contribution is 2.19. The normalized spacial score (nSPS) is 22.9. The number of benzene rings is 1. The molecular weight excluding hydrogens is 345 g/mol. The van der Waals surface area contributed by atoms with Crippen molar-refractivity contribution in [3.8, 4) is 0 Å². The van der Waals surface area contributed by atoms with Crippen LogP contribution in [0.1, 0.15) is 6.42 Å². The molecule has 20 heavy (non-hydrogen) atoms. The molecule has 9 heteroatoms. The van der Waals surface area contributed by atoms with Crippen LogP contribution in [0.15, 0.2) is 35.2 Å². The van der Waals surface area contributed by atoms with Crippen molar-refractivity contribution >= 4 is 47.2 Å². The fourth-order valence-electron chi connectivity index (χ4n) is 2.07. The van der Waals surface area contributed by atoms with Gasteiger partial charge >= 0.3 is 0 Å². The highest BCUT2D eigenvalue weighted by molar-refractivity contribution is 7.89. The zero-order valence-corrected chi connectivity index (χ0v) is 14.0. The molecule has 0 aromatic heterocycles. The zero-order valence-electron chi connectivity index (χ0n) is 10.7. The van der Waals surface area contributed by atoms with Crippen LogP contribution < -0.4 is 11.5 Å². The van der Waals surface area contributed by atoms with Crippen LogP contribution in [-0.2, 0) is 10.0 Å². The maximum atomic E-state index is 12.3. The number of hydrogen-bond donors (Lipinski definition) is 2. The fourth-order valence-corrected chi connectivity index (χ4v) is 3.65. The van der Waals surface area contributed by atoms with Crippen LogP contribution in [0.3, 0.4) is 0 Å². The van der Waals surface area contributed by atoms with Gasteiger partial charge in [-0.2, -0.15) is 4.31 Å². The Kier molecular flexibility index (Phi) is 10.0. The second-order valence-corrected chi connectivity index (χ2v) is 6.33. The molecule has 1 saturated heterocycles. The minimum absolute atomic E-state index is 0. The number of sulfonamides is 1. The fraction of sp³-hybridized carbons (Fsp3) is 0.455. The topological polar surface area (TPSA) is 89.4 Å². The Hall–Kier alpha value is -0.0800. The number of halogens is 3. The molecule has 4 N–H and O–H groups in total. The molecule has 0 unspecified atom stereocenters. The van der Waals surface area contributed by atoms with Crippen molar-refractivity contribution in [2.75, 3.05) is 13.1 Å². The molecule has 0 bridgehead atoms. The Morgan fingerprint density at radius 1 is 0.950 bits per heavy atom. The van der Waals surface area contributed by atoms with Crippen LogP contribution in [0.25, 0.3) is 0 Å². The smallest absolute Gasteiger partial charge is 0.243 e. The van der Waals surface area contributed by atoms with Crippen molar-refractivity contribution in [1.82, 2.24) is 4.31 Å². The maximum absolute atomic E-state index is 12.3. The lowest BCUT2D eigenvalue weighted by Gasteiger charge is -2.33. The van der Waals surface area contributed by atoms with E-state index in [9.17, 15) is 8.42 Å². The van der Waals surface area contributed by atoms with E-state index in [1.165, 1.54) is 4.31 Å². The number of rotatable bonds is 2. The summed E-state index contributed by atoms with van der Waals surface area (Å²) in [6.45, 7) is 0.676. The molecular formula is C11H20Cl3N3O2S. The minimum Gasteiger partial charge on any atom is -0.326 e. The largest absolute Gasteiger partial charge is 0.326 e. The van der Waals surface area contributed by atoms with Crippen molar-refractivity contribution in [3.05, 3.63) is 30.3 Å². The van der Waals surface area contributed by atoms with Crippen LogP contribution in [0.4, 0.5) is 0 Å². The molecule has 1 aromatic carbocycles. The quantitative estimate of drug-likeness (QED) is 0.819. The molecule has 0 radical (unpaired) electrons. The third-order valence-corrected chi connectivity index (χ3v) is 4.71. The van der Waals surface area contributed by atoms with Crippen molar-refractivity contribution in [3.63, 3.8) is 0 Å². The van der Waals surface area contributed by atoms with Gasteiger partial charge in [-0.3, -0.25) is 0 Å². The lowest BCUT2D eigenvalue weighted by molar-refractivity contribution is 0.287. The van der Waals surface area contributed by atoms with Gasteiger partial charge in [0.15, 0.2) is 0 Å². The summed E-state index contributed by atoms with van der Waals surface area (Å²) in [6, 6.07) is 8.00. The standard InChI is InChI=1S/C11H17N3O2S.3ClH/c12-9-6-10(13)8-14(7-9)17(15,16)11-4-2-1-3-5-11;;;/h1-5,9-10H,6-8,12-13H2;3*1H/t9-,10+;;;. The first-order chi connectivity index (χ1) is 8.00.